The Bertz CT molecular complexity index is 1030. The van der Waals surface area contributed by atoms with Gasteiger partial charge in [0.05, 0.1) is 17.6 Å². The molecule has 0 N–H and O–H groups in total. The molecule has 0 aromatic carbocycles. The van der Waals surface area contributed by atoms with Gasteiger partial charge in [0.1, 0.15) is 5.56 Å². The first-order valence-corrected chi connectivity index (χ1v) is 8.51. The van der Waals surface area contributed by atoms with Crippen molar-refractivity contribution in [3.63, 3.8) is 0 Å². The van der Waals surface area contributed by atoms with Gasteiger partial charge in [-0.1, -0.05) is 0 Å². The maximum absolute atomic E-state index is 13.6. The van der Waals surface area contributed by atoms with Crippen molar-refractivity contribution in [3.8, 4) is 11.3 Å². The van der Waals surface area contributed by atoms with E-state index in [1.807, 2.05) is 0 Å². The summed E-state index contributed by atoms with van der Waals surface area (Å²) in [6.07, 6.45) is -0.116. The summed E-state index contributed by atoms with van der Waals surface area (Å²) in [7, 11) is 1.68. The molecule has 142 valence electrons. The van der Waals surface area contributed by atoms with Crippen molar-refractivity contribution in [3.05, 3.63) is 35.4 Å². The number of aryl methyl sites for hydroxylation is 2. The van der Waals surface area contributed by atoms with Gasteiger partial charge in [-0.05, 0) is 25.8 Å². The molecule has 3 aromatic rings. The highest BCUT2D eigenvalue weighted by atomic mass is 19.4. The summed E-state index contributed by atoms with van der Waals surface area (Å²) in [5, 5.41) is 7.97. The van der Waals surface area contributed by atoms with Crippen LogP contribution in [-0.4, -0.2) is 48.3 Å². The molecule has 4 rings (SSSR count). The number of rotatable bonds is 2. The van der Waals surface area contributed by atoms with E-state index in [0.717, 1.165) is 25.1 Å². The molecular weight excluding hydrogens is 361 g/mol. The monoisotopic (exact) mass is 378 g/mol. The van der Waals surface area contributed by atoms with Crippen LogP contribution >= 0.6 is 0 Å². The van der Waals surface area contributed by atoms with Gasteiger partial charge in [0, 0.05) is 31.9 Å². The zero-order valence-corrected chi connectivity index (χ0v) is 14.8. The second-order valence-electron chi connectivity index (χ2n) is 6.62. The number of hydrogen-bond acceptors (Lipinski definition) is 4. The lowest BCUT2D eigenvalue weighted by Crippen LogP contribution is -2.27. The molecule has 10 heteroatoms. The highest BCUT2D eigenvalue weighted by Crippen LogP contribution is 2.33. The number of likely N-dealkylation sites (tertiary alicyclic amines) is 1. The largest absolute Gasteiger partial charge is 0.433 e. The number of alkyl halides is 3. The lowest BCUT2D eigenvalue weighted by Gasteiger charge is -2.15. The SMILES string of the molecule is Cc1nn(C)cc1-c1cc(C(F)(F)F)n2ncc(C(=O)N3CCCC3)c2n1. The molecule has 0 spiro atoms. The summed E-state index contributed by atoms with van der Waals surface area (Å²) in [5.41, 5.74) is 0.133. The van der Waals surface area contributed by atoms with Crippen LogP contribution in [0.4, 0.5) is 13.2 Å². The second kappa shape index (κ2) is 6.07. The topological polar surface area (TPSA) is 68.3 Å². The Morgan fingerprint density at radius 2 is 1.93 bits per heavy atom. The lowest BCUT2D eigenvalue weighted by molar-refractivity contribution is -0.142. The molecule has 0 aliphatic carbocycles. The maximum Gasteiger partial charge on any atom is 0.433 e. The van der Waals surface area contributed by atoms with Gasteiger partial charge < -0.3 is 4.90 Å². The van der Waals surface area contributed by atoms with Crippen molar-refractivity contribution in [2.24, 2.45) is 7.05 Å². The van der Waals surface area contributed by atoms with E-state index < -0.39 is 11.9 Å². The zero-order chi connectivity index (χ0) is 19.3. The van der Waals surface area contributed by atoms with E-state index in [4.69, 9.17) is 0 Å². The van der Waals surface area contributed by atoms with E-state index in [1.165, 1.54) is 4.68 Å². The minimum atomic E-state index is -4.65. The van der Waals surface area contributed by atoms with Crippen LogP contribution in [0.3, 0.4) is 0 Å². The van der Waals surface area contributed by atoms with Crippen LogP contribution in [0.1, 0.15) is 34.6 Å². The van der Waals surface area contributed by atoms with E-state index in [1.54, 1.807) is 25.1 Å². The van der Waals surface area contributed by atoms with Crippen molar-refractivity contribution in [2.45, 2.75) is 25.9 Å². The molecule has 1 fully saturated rings. The third-order valence-electron chi connectivity index (χ3n) is 4.68. The maximum atomic E-state index is 13.6. The third-order valence-corrected chi connectivity index (χ3v) is 4.68. The summed E-state index contributed by atoms with van der Waals surface area (Å²) >= 11 is 0. The van der Waals surface area contributed by atoms with Crippen molar-refractivity contribution in [2.75, 3.05) is 13.1 Å². The number of aromatic nitrogens is 5. The Kier molecular flexibility index (Phi) is 3.93. The average Bonchev–Trinajstić information content (AvgIpc) is 3.31. The zero-order valence-electron chi connectivity index (χ0n) is 14.8. The van der Waals surface area contributed by atoms with Crippen LogP contribution < -0.4 is 0 Å². The molecule has 1 aliphatic heterocycles. The first-order chi connectivity index (χ1) is 12.8. The van der Waals surface area contributed by atoms with E-state index >= 15 is 0 Å². The molecule has 1 aliphatic rings. The normalized spacial score (nSPS) is 15.1. The fraction of sp³-hybridized carbons (Fsp3) is 0.412. The van der Waals surface area contributed by atoms with Crippen molar-refractivity contribution >= 4 is 11.6 Å². The summed E-state index contributed by atoms with van der Waals surface area (Å²) in [5.74, 6) is -0.344. The first-order valence-electron chi connectivity index (χ1n) is 8.51. The minimum Gasteiger partial charge on any atom is -0.338 e. The van der Waals surface area contributed by atoms with Gasteiger partial charge in [0.2, 0.25) is 0 Å². The lowest BCUT2D eigenvalue weighted by atomic mass is 10.1. The van der Waals surface area contributed by atoms with Crippen molar-refractivity contribution < 1.29 is 18.0 Å². The van der Waals surface area contributed by atoms with E-state index in [0.29, 0.717) is 28.9 Å². The van der Waals surface area contributed by atoms with Crippen LogP contribution in [0.15, 0.2) is 18.5 Å². The molecule has 0 saturated carbocycles. The molecule has 0 bridgehead atoms. The van der Waals surface area contributed by atoms with Gasteiger partial charge in [0.25, 0.3) is 5.91 Å². The van der Waals surface area contributed by atoms with Gasteiger partial charge in [-0.25, -0.2) is 9.50 Å². The highest BCUT2D eigenvalue weighted by molar-refractivity contribution is 6.00. The van der Waals surface area contributed by atoms with Crippen LogP contribution in [0.5, 0.6) is 0 Å². The average molecular weight is 378 g/mol. The Balaban J connectivity index is 1.94. The number of hydrogen-bond donors (Lipinski definition) is 0. The molecule has 1 amide bonds. The summed E-state index contributed by atoms with van der Waals surface area (Å²) in [6.45, 7) is 2.87. The predicted octanol–water partition coefficient (Wildman–Crippen LogP) is 2.69. The van der Waals surface area contributed by atoms with Gasteiger partial charge in [0.15, 0.2) is 11.3 Å². The molecular formula is C17H17F3N6O. The fourth-order valence-corrected chi connectivity index (χ4v) is 3.40. The highest BCUT2D eigenvalue weighted by Gasteiger charge is 2.36. The third kappa shape index (κ3) is 2.94. The molecule has 27 heavy (non-hydrogen) atoms. The van der Waals surface area contributed by atoms with E-state index in [2.05, 4.69) is 15.2 Å². The molecule has 1 saturated heterocycles. The molecule has 4 heterocycles. The second-order valence-corrected chi connectivity index (χ2v) is 6.62. The molecule has 0 radical (unpaired) electrons. The Morgan fingerprint density at radius 3 is 2.52 bits per heavy atom. The summed E-state index contributed by atoms with van der Waals surface area (Å²) in [4.78, 5) is 18.7. The van der Waals surface area contributed by atoms with Crippen LogP contribution in [-0.2, 0) is 13.2 Å². The number of carbonyl (C=O) groups excluding carboxylic acids is 1. The van der Waals surface area contributed by atoms with E-state index in [9.17, 15) is 18.0 Å². The fourth-order valence-electron chi connectivity index (χ4n) is 3.40. The standard InChI is InChI=1S/C17H17F3N6O/c1-10-12(9-24(2)23-10)13-7-14(17(18,19)20)26-15(22-13)11(8-21-26)16(27)25-5-3-4-6-25/h7-9H,3-6H2,1-2H3. The van der Waals surface area contributed by atoms with Gasteiger partial charge >= 0.3 is 6.18 Å². The number of amides is 1. The van der Waals surface area contributed by atoms with Crippen molar-refractivity contribution in [1.29, 1.82) is 0 Å². The Labute approximate surface area is 152 Å². The predicted molar refractivity (Wildman–Crippen MR) is 90.1 cm³/mol. The summed E-state index contributed by atoms with van der Waals surface area (Å²) in [6, 6.07) is 0.939. The number of nitrogens with zero attached hydrogens (tertiary/aromatic N) is 6. The summed E-state index contributed by atoms with van der Waals surface area (Å²) < 4.78 is 43.1. The Hall–Kier alpha value is -2.91. The Morgan fingerprint density at radius 1 is 1.22 bits per heavy atom. The van der Waals surface area contributed by atoms with E-state index in [-0.39, 0.29) is 22.8 Å². The number of halogens is 3. The van der Waals surface area contributed by atoms with Crippen molar-refractivity contribution in [1.82, 2.24) is 29.3 Å². The van der Waals surface area contributed by atoms with Crippen LogP contribution in [0, 0.1) is 6.92 Å². The van der Waals surface area contributed by atoms with Gasteiger partial charge in [-0.2, -0.15) is 23.4 Å². The quantitative estimate of drug-likeness (QED) is 0.688. The minimum absolute atomic E-state index is 0.0748. The molecule has 7 nitrogen and oxygen atoms in total. The van der Waals surface area contributed by atoms with Gasteiger partial charge in [-0.15, -0.1) is 0 Å². The molecule has 3 aromatic heterocycles. The van der Waals surface area contributed by atoms with Crippen LogP contribution in [0.2, 0.25) is 0 Å². The smallest absolute Gasteiger partial charge is 0.338 e. The first kappa shape index (κ1) is 17.5. The molecule has 0 atom stereocenters. The number of carbonyl (C=O) groups is 1. The van der Waals surface area contributed by atoms with Crippen LogP contribution in [0.25, 0.3) is 16.9 Å². The number of fused-ring (bicyclic) bond motifs is 1. The van der Waals surface area contributed by atoms with Gasteiger partial charge in [-0.3, -0.25) is 9.48 Å². The molecule has 0 unspecified atom stereocenters.